The first-order valence-electron chi connectivity index (χ1n) is 7.39. The van der Waals surface area contributed by atoms with Crippen LogP contribution in [0.4, 0.5) is 0 Å². The van der Waals surface area contributed by atoms with Gasteiger partial charge in [0.25, 0.3) is 0 Å². The van der Waals surface area contributed by atoms with Crippen molar-refractivity contribution in [3.8, 4) is 10.6 Å². The summed E-state index contributed by atoms with van der Waals surface area (Å²) in [6, 6.07) is 12.6. The zero-order valence-corrected chi connectivity index (χ0v) is 13.7. The first-order valence-corrected chi connectivity index (χ1v) is 9.15. The highest BCUT2D eigenvalue weighted by Gasteiger charge is 2.43. The molecule has 0 unspecified atom stereocenters. The van der Waals surface area contributed by atoms with Crippen molar-refractivity contribution in [3.05, 3.63) is 62.4 Å². The van der Waals surface area contributed by atoms with Gasteiger partial charge in [-0.2, -0.15) is 16.4 Å². The molecule has 0 N–H and O–H groups in total. The molecule has 0 bridgehead atoms. The van der Waals surface area contributed by atoms with Gasteiger partial charge < -0.3 is 0 Å². The molecule has 0 saturated heterocycles. The summed E-state index contributed by atoms with van der Waals surface area (Å²) in [5.41, 5.74) is 2.63. The fourth-order valence-corrected chi connectivity index (χ4v) is 4.30. The summed E-state index contributed by atoms with van der Waals surface area (Å²) in [5, 5.41) is 9.44. The third kappa shape index (κ3) is 2.78. The van der Waals surface area contributed by atoms with E-state index >= 15 is 0 Å². The molecule has 112 valence electrons. The molecule has 3 nitrogen and oxygen atoms in total. The van der Waals surface area contributed by atoms with Crippen LogP contribution in [0.5, 0.6) is 0 Å². The number of hydrogen-bond donors (Lipinski definition) is 0. The van der Waals surface area contributed by atoms with Crippen LogP contribution in [0.15, 0.2) is 52.0 Å². The van der Waals surface area contributed by atoms with Crippen LogP contribution in [-0.2, 0) is 13.0 Å². The highest BCUT2D eigenvalue weighted by Crippen LogP contribution is 2.49. The smallest absolute Gasteiger partial charge is 0.255 e. The maximum atomic E-state index is 12.2. The Morgan fingerprint density at radius 3 is 2.68 bits per heavy atom. The molecule has 5 heteroatoms. The Morgan fingerprint density at radius 2 is 2.00 bits per heavy atom. The van der Waals surface area contributed by atoms with Crippen LogP contribution in [-0.4, -0.2) is 9.78 Å². The van der Waals surface area contributed by atoms with E-state index in [0.717, 1.165) is 23.5 Å². The van der Waals surface area contributed by atoms with Gasteiger partial charge in [-0.1, -0.05) is 41.7 Å². The van der Waals surface area contributed by atoms with Crippen LogP contribution in [0.3, 0.4) is 0 Å². The van der Waals surface area contributed by atoms with E-state index in [-0.39, 0.29) is 10.3 Å². The van der Waals surface area contributed by atoms with Crippen molar-refractivity contribution in [1.82, 2.24) is 9.78 Å². The largest absolute Gasteiger partial charge is 0.325 e. The lowest BCUT2D eigenvalue weighted by molar-refractivity contribution is 0.390. The molecular weight excluding hydrogens is 312 g/mol. The molecule has 3 aromatic rings. The van der Waals surface area contributed by atoms with E-state index in [1.807, 2.05) is 22.9 Å². The van der Waals surface area contributed by atoms with Crippen molar-refractivity contribution in [2.24, 2.45) is 5.41 Å². The average Bonchev–Trinajstić information content (AvgIpc) is 2.94. The molecule has 0 atom stereocenters. The Kier molecular flexibility index (Phi) is 3.47. The summed E-state index contributed by atoms with van der Waals surface area (Å²) < 4.78 is 1.67. The predicted molar refractivity (Wildman–Crippen MR) is 91.5 cm³/mol. The van der Waals surface area contributed by atoms with Crippen molar-refractivity contribution in [2.45, 2.75) is 25.8 Å². The van der Waals surface area contributed by atoms with E-state index in [1.165, 1.54) is 29.7 Å². The Balaban J connectivity index is 1.55. The number of aromatic nitrogens is 2. The van der Waals surface area contributed by atoms with Gasteiger partial charge in [0.2, 0.25) is 0 Å². The monoisotopic (exact) mass is 328 g/mol. The van der Waals surface area contributed by atoms with Crippen molar-refractivity contribution in [1.29, 1.82) is 0 Å². The number of hydrogen-bond acceptors (Lipinski definition) is 4. The molecule has 4 rings (SSSR count). The summed E-state index contributed by atoms with van der Waals surface area (Å²) in [6.45, 7) is 0.737. The van der Waals surface area contributed by atoms with Gasteiger partial charge in [-0.25, -0.2) is 4.68 Å². The summed E-state index contributed by atoms with van der Waals surface area (Å²) >= 11 is 2.88. The second kappa shape index (κ2) is 5.48. The second-order valence-electron chi connectivity index (χ2n) is 6.01. The molecule has 1 saturated carbocycles. The van der Waals surface area contributed by atoms with Gasteiger partial charge >= 0.3 is 4.87 Å². The molecule has 1 aromatic carbocycles. The zero-order valence-electron chi connectivity index (χ0n) is 12.1. The second-order valence-corrected chi connectivity index (χ2v) is 7.73. The van der Waals surface area contributed by atoms with Gasteiger partial charge in [0.05, 0.1) is 6.54 Å². The molecule has 2 heterocycles. The van der Waals surface area contributed by atoms with Gasteiger partial charge in [-0.15, -0.1) is 0 Å². The molecule has 1 aliphatic rings. The first-order chi connectivity index (χ1) is 10.7. The summed E-state index contributed by atoms with van der Waals surface area (Å²) in [5.74, 6) is 0. The van der Waals surface area contributed by atoms with E-state index in [1.54, 1.807) is 16.0 Å². The van der Waals surface area contributed by atoms with Gasteiger partial charge in [0, 0.05) is 10.9 Å². The Morgan fingerprint density at radius 1 is 1.18 bits per heavy atom. The topological polar surface area (TPSA) is 34.9 Å². The maximum Gasteiger partial charge on any atom is 0.325 e. The molecule has 2 aromatic heterocycles. The minimum absolute atomic E-state index is 0.0561. The van der Waals surface area contributed by atoms with Gasteiger partial charge in [0.1, 0.15) is 5.01 Å². The maximum absolute atomic E-state index is 12.2. The van der Waals surface area contributed by atoms with Crippen LogP contribution < -0.4 is 4.87 Å². The van der Waals surface area contributed by atoms with Crippen LogP contribution in [0.1, 0.15) is 18.4 Å². The lowest BCUT2D eigenvalue weighted by Gasteiger charge is -2.14. The lowest BCUT2D eigenvalue weighted by atomic mass is 9.96. The van der Waals surface area contributed by atoms with Crippen LogP contribution in [0.2, 0.25) is 0 Å². The third-order valence-corrected chi connectivity index (χ3v) is 5.82. The molecular formula is C17H16N2OS2. The zero-order chi connectivity index (χ0) is 15.0. The fraction of sp³-hybridized carbons (Fsp3) is 0.294. The third-order valence-electron chi connectivity index (χ3n) is 4.24. The number of nitrogens with zero attached hydrogens (tertiary/aromatic N) is 2. The predicted octanol–water partition coefficient (Wildman–Crippen LogP) is 4.06. The van der Waals surface area contributed by atoms with E-state index in [0.29, 0.717) is 0 Å². The minimum Gasteiger partial charge on any atom is -0.255 e. The van der Waals surface area contributed by atoms with Crippen molar-refractivity contribution >= 4 is 22.7 Å². The first kappa shape index (κ1) is 13.9. The Hall–Kier alpha value is -1.72. The standard InChI is InChI=1S/C17H16N2OS2/c20-16-19(18-15(22-16)14-6-9-21-11-14)12-17(7-8-17)10-13-4-2-1-3-5-13/h1-6,9,11H,7-8,10,12H2. The van der Waals surface area contributed by atoms with E-state index < -0.39 is 0 Å². The highest BCUT2D eigenvalue weighted by atomic mass is 32.1. The Labute approximate surface area is 136 Å². The van der Waals surface area contributed by atoms with Crippen LogP contribution in [0.25, 0.3) is 10.6 Å². The quantitative estimate of drug-likeness (QED) is 0.708. The van der Waals surface area contributed by atoms with Gasteiger partial charge in [-0.3, -0.25) is 4.79 Å². The molecule has 0 spiro atoms. The molecule has 22 heavy (non-hydrogen) atoms. The van der Waals surface area contributed by atoms with Crippen LogP contribution >= 0.6 is 22.7 Å². The number of rotatable bonds is 5. The fourth-order valence-electron chi connectivity index (χ4n) is 2.82. The molecule has 1 fully saturated rings. The summed E-state index contributed by atoms with van der Waals surface area (Å²) in [4.78, 5) is 12.3. The highest BCUT2D eigenvalue weighted by molar-refractivity contribution is 7.13. The molecule has 0 amide bonds. The molecule has 0 radical (unpaired) electrons. The number of thiophene rings is 1. The molecule has 0 aliphatic heterocycles. The van der Waals surface area contributed by atoms with E-state index in [4.69, 9.17) is 0 Å². The minimum atomic E-state index is 0.0561. The van der Waals surface area contributed by atoms with E-state index in [9.17, 15) is 4.79 Å². The van der Waals surface area contributed by atoms with Gasteiger partial charge in [0.15, 0.2) is 0 Å². The van der Waals surface area contributed by atoms with Crippen molar-refractivity contribution < 1.29 is 0 Å². The summed E-state index contributed by atoms with van der Waals surface area (Å²) in [6.07, 6.45) is 3.39. The molecule has 1 aliphatic carbocycles. The van der Waals surface area contributed by atoms with Crippen molar-refractivity contribution in [2.75, 3.05) is 0 Å². The van der Waals surface area contributed by atoms with Crippen LogP contribution in [0, 0.1) is 5.41 Å². The SMILES string of the molecule is O=c1sc(-c2ccsc2)nn1CC1(Cc2ccccc2)CC1. The number of benzene rings is 1. The normalized spacial score (nSPS) is 15.8. The van der Waals surface area contributed by atoms with Gasteiger partial charge in [-0.05, 0) is 41.7 Å². The van der Waals surface area contributed by atoms with Crippen molar-refractivity contribution in [3.63, 3.8) is 0 Å². The average molecular weight is 328 g/mol. The lowest BCUT2D eigenvalue weighted by Crippen LogP contribution is -2.23. The summed E-state index contributed by atoms with van der Waals surface area (Å²) in [7, 11) is 0. The Bertz CT molecular complexity index is 814. The van der Waals surface area contributed by atoms with E-state index in [2.05, 4.69) is 29.4 Å².